The molecule has 1 fully saturated rings. The predicted octanol–water partition coefficient (Wildman–Crippen LogP) is 3.25. The zero-order chi connectivity index (χ0) is 17.4. The van der Waals surface area contributed by atoms with Crippen molar-refractivity contribution >= 4 is 11.0 Å². The van der Waals surface area contributed by atoms with Gasteiger partial charge in [0.1, 0.15) is 29.1 Å². The second kappa shape index (κ2) is 6.61. The highest BCUT2D eigenvalue weighted by Crippen LogP contribution is 2.30. The number of nitrogens with zero attached hydrogens (tertiary/aromatic N) is 3. The van der Waals surface area contributed by atoms with Crippen LogP contribution in [0.5, 0.6) is 0 Å². The second-order valence-electron chi connectivity index (χ2n) is 6.85. The molecule has 1 unspecified atom stereocenters. The van der Waals surface area contributed by atoms with Crippen LogP contribution in [0.25, 0.3) is 11.0 Å². The highest BCUT2D eigenvalue weighted by Gasteiger charge is 2.28. The van der Waals surface area contributed by atoms with Gasteiger partial charge in [0.05, 0.1) is 6.54 Å². The first-order chi connectivity index (χ1) is 12.1. The first-order valence-corrected chi connectivity index (χ1v) is 8.66. The molecule has 0 radical (unpaired) electrons. The average molecular weight is 343 g/mol. The van der Waals surface area contributed by atoms with Gasteiger partial charge in [-0.3, -0.25) is 4.90 Å². The third-order valence-corrected chi connectivity index (χ3v) is 5.11. The molecule has 25 heavy (non-hydrogen) atoms. The van der Waals surface area contributed by atoms with E-state index < -0.39 is 6.10 Å². The van der Waals surface area contributed by atoms with Gasteiger partial charge in [0.15, 0.2) is 0 Å². The fraction of sp³-hybridized carbons (Fsp3) is 0.421. The van der Waals surface area contributed by atoms with Gasteiger partial charge in [0.25, 0.3) is 0 Å². The van der Waals surface area contributed by atoms with E-state index in [1.165, 1.54) is 12.1 Å². The Bertz CT molecular complexity index is 865. The molecule has 3 heterocycles. The van der Waals surface area contributed by atoms with E-state index in [2.05, 4.69) is 9.88 Å². The van der Waals surface area contributed by atoms with Crippen molar-refractivity contribution < 1.29 is 13.9 Å². The number of aliphatic hydroxyl groups is 1. The molecule has 0 bridgehead atoms. The van der Waals surface area contributed by atoms with Crippen LogP contribution in [-0.4, -0.2) is 32.6 Å². The Morgan fingerprint density at radius 3 is 2.84 bits per heavy atom. The molecule has 0 spiro atoms. The van der Waals surface area contributed by atoms with Gasteiger partial charge in [0.2, 0.25) is 0 Å². The summed E-state index contributed by atoms with van der Waals surface area (Å²) >= 11 is 0. The quantitative estimate of drug-likeness (QED) is 0.790. The van der Waals surface area contributed by atoms with Crippen LogP contribution in [0.3, 0.4) is 0 Å². The minimum absolute atomic E-state index is 0.224. The number of likely N-dealkylation sites (tertiary alicyclic amines) is 1. The fourth-order valence-corrected chi connectivity index (χ4v) is 3.67. The lowest BCUT2D eigenvalue weighted by Gasteiger charge is -2.33. The first kappa shape index (κ1) is 16.3. The summed E-state index contributed by atoms with van der Waals surface area (Å²) in [4.78, 5) is 6.58. The van der Waals surface area contributed by atoms with Gasteiger partial charge in [-0.05, 0) is 56.1 Å². The summed E-state index contributed by atoms with van der Waals surface area (Å²) in [6.45, 7) is 2.51. The van der Waals surface area contributed by atoms with Gasteiger partial charge in [-0.25, -0.2) is 9.37 Å². The van der Waals surface area contributed by atoms with E-state index in [4.69, 9.17) is 4.42 Å². The van der Waals surface area contributed by atoms with E-state index in [1.54, 1.807) is 12.3 Å². The van der Waals surface area contributed by atoms with Crippen LogP contribution in [0.1, 0.15) is 30.5 Å². The number of hydrogen-bond acceptors (Lipinski definition) is 4. The summed E-state index contributed by atoms with van der Waals surface area (Å²) in [5.74, 6) is 1.56. The standard InChI is InChI=1S/C19H22FN3O2/c1-22-9-6-21-19(22)18(24)13-4-7-23(8-5-13)12-16-11-14-10-15(20)2-3-17(14)25-16/h2-3,6,9-11,13,18,24H,4-5,7-8,12H2,1H3. The van der Waals surface area contributed by atoms with Crippen molar-refractivity contribution in [3.8, 4) is 0 Å². The maximum absolute atomic E-state index is 13.3. The van der Waals surface area contributed by atoms with Crippen LogP contribution in [0.15, 0.2) is 41.1 Å². The van der Waals surface area contributed by atoms with Gasteiger partial charge in [0, 0.05) is 24.8 Å². The van der Waals surface area contributed by atoms with Crippen LogP contribution in [0, 0.1) is 11.7 Å². The molecule has 5 nitrogen and oxygen atoms in total. The summed E-state index contributed by atoms with van der Waals surface area (Å²) in [5.41, 5.74) is 0.719. The van der Waals surface area contributed by atoms with E-state index in [0.29, 0.717) is 6.54 Å². The Hall–Kier alpha value is -2.18. The number of halogens is 1. The molecular formula is C19H22FN3O2. The molecule has 1 N–H and O–H groups in total. The maximum Gasteiger partial charge on any atom is 0.137 e. The highest BCUT2D eigenvalue weighted by molar-refractivity contribution is 5.77. The molecular weight excluding hydrogens is 321 g/mol. The Kier molecular flexibility index (Phi) is 4.31. The smallest absolute Gasteiger partial charge is 0.137 e. The third-order valence-electron chi connectivity index (χ3n) is 5.11. The number of rotatable bonds is 4. The van der Waals surface area contributed by atoms with Gasteiger partial charge >= 0.3 is 0 Å². The Morgan fingerprint density at radius 2 is 2.12 bits per heavy atom. The van der Waals surface area contributed by atoms with E-state index in [-0.39, 0.29) is 11.7 Å². The number of benzene rings is 1. The second-order valence-corrected chi connectivity index (χ2v) is 6.85. The van der Waals surface area contributed by atoms with Gasteiger partial charge in [-0.15, -0.1) is 0 Å². The monoisotopic (exact) mass is 343 g/mol. The predicted molar refractivity (Wildman–Crippen MR) is 92.3 cm³/mol. The van der Waals surface area contributed by atoms with Crippen LogP contribution >= 0.6 is 0 Å². The first-order valence-electron chi connectivity index (χ1n) is 8.66. The number of aryl methyl sites for hydroxylation is 1. The molecule has 0 saturated carbocycles. The van der Waals surface area contributed by atoms with Crippen molar-refractivity contribution in [2.24, 2.45) is 13.0 Å². The lowest BCUT2D eigenvalue weighted by molar-refractivity contribution is 0.0477. The maximum atomic E-state index is 13.3. The highest BCUT2D eigenvalue weighted by atomic mass is 19.1. The lowest BCUT2D eigenvalue weighted by Crippen LogP contribution is -2.35. The summed E-state index contributed by atoms with van der Waals surface area (Å²) in [5, 5.41) is 11.4. The van der Waals surface area contributed by atoms with E-state index in [0.717, 1.165) is 48.5 Å². The van der Waals surface area contributed by atoms with E-state index >= 15 is 0 Å². The van der Waals surface area contributed by atoms with Crippen LogP contribution in [0.2, 0.25) is 0 Å². The SMILES string of the molecule is Cn1ccnc1C(O)C1CCN(Cc2cc3cc(F)ccc3o2)CC1. The number of piperidine rings is 1. The van der Waals surface area contributed by atoms with Crippen molar-refractivity contribution in [1.29, 1.82) is 0 Å². The topological polar surface area (TPSA) is 54.4 Å². The van der Waals surface area contributed by atoms with E-state index in [1.807, 2.05) is 23.9 Å². The average Bonchev–Trinajstić information content (AvgIpc) is 3.20. The Balaban J connectivity index is 1.37. The van der Waals surface area contributed by atoms with Crippen molar-refractivity contribution in [2.75, 3.05) is 13.1 Å². The summed E-state index contributed by atoms with van der Waals surface area (Å²) < 4.78 is 21.0. The van der Waals surface area contributed by atoms with Crippen molar-refractivity contribution in [1.82, 2.24) is 14.5 Å². The molecule has 2 aromatic heterocycles. The minimum atomic E-state index is -0.517. The van der Waals surface area contributed by atoms with Crippen molar-refractivity contribution in [2.45, 2.75) is 25.5 Å². The molecule has 3 aromatic rings. The molecule has 0 amide bonds. The molecule has 1 aliphatic rings. The van der Waals surface area contributed by atoms with Gasteiger partial charge < -0.3 is 14.1 Å². The zero-order valence-corrected chi connectivity index (χ0v) is 14.2. The molecule has 1 atom stereocenters. The van der Waals surface area contributed by atoms with E-state index in [9.17, 15) is 9.50 Å². The van der Waals surface area contributed by atoms with Crippen molar-refractivity contribution in [3.63, 3.8) is 0 Å². The third kappa shape index (κ3) is 3.32. The molecule has 132 valence electrons. The summed E-state index contributed by atoms with van der Waals surface area (Å²) in [6.07, 6.45) is 4.90. The molecule has 0 aliphatic carbocycles. The molecule has 1 aromatic carbocycles. The number of aromatic nitrogens is 2. The van der Waals surface area contributed by atoms with Gasteiger partial charge in [-0.1, -0.05) is 0 Å². The van der Waals surface area contributed by atoms with Crippen LogP contribution in [-0.2, 0) is 13.6 Å². The summed E-state index contributed by atoms with van der Waals surface area (Å²) in [6, 6.07) is 6.49. The molecule has 1 aliphatic heterocycles. The normalized spacial score (nSPS) is 18.0. The van der Waals surface area contributed by atoms with Crippen molar-refractivity contribution in [3.05, 3.63) is 54.1 Å². The van der Waals surface area contributed by atoms with Crippen LogP contribution < -0.4 is 0 Å². The zero-order valence-electron chi connectivity index (χ0n) is 14.2. The number of aliphatic hydroxyl groups excluding tert-OH is 1. The lowest BCUT2D eigenvalue weighted by atomic mass is 9.90. The molecule has 4 rings (SSSR count). The minimum Gasteiger partial charge on any atom is -0.460 e. The number of imidazole rings is 1. The Morgan fingerprint density at radius 1 is 1.32 bits per heavy atom. The van der Waals surface area contributed by atoms with Gasteiger partial charge in [-0.2, -0.15) is 0 Å². The number of fused-ring (bicyclic) bond motifs is 1. The number of furan rings is 1. The fourth-order valence-electron chi connectivity index (χ4n) is 3.67. The largest absolute Gasteiger partial charge is 0.460 e. The number of hydrogen-bond donors (Lipinski definition) is 1. The molecule has 1 saturated heterocycles. The summed E-state index contributed by atoms with van der Waals surface area (Å²) in [7, 11) is 1.91. The Labute approximate surface area is 145 Å². The molecule has 6 heteroatoms. The van der Waals surface area contributed by atoms with Crippen LogP contribution in [0.4, 0.5) is 4.39 Å².